The lowest BCUT2D eigenvalue weighted by Crippen LogP contribution is -2.21. The molecule has 102 valence electrons. The lowest BCUT2D eigenvalue weighted by Gasteiger charge is -2.24. The molecule has 0 bridgehead atoms. The van der Waals surface area contributed by atoms with Crippen molar-refractivity contribution < 1.29 is 9.47 Å². The number of methoxy groups -OCH3 is 1. The fourth-order valence-electron chi connectivity index (χ4n) is 1.69. The number of ether oxygens (including phenoxy) is 2. The summed E-state index contributed by atoms with van der Waals surface area (Å²) in [5.41, 5.74) is 1.22. The minimum Gasteiger partial charge on any atom is -0.497 e. The molecule has 0 aliphatic heterocycles. The summed E-state index contributed by atoms with van der Waals surface area (Å²) in [4.78, 5) is 2.11. The first kappa shape index (κ1) is 14.8. The van der Waals surface area contributed by atoms with Gasteiger partial charge in [0.25, 0.3) is 0 Å². The number of hydrogen-bond donors (Lipinski definition) is 0. The topological polar surface area (TPSA) is 21.7 Å². The maximum atomic E-state index is 5.88. The van der Waals surface area contributed by atoms with Gasteiger partial charge in [0.2, 0.25) is 0 Å². The van der Waals surface area contributed by atoms with E-state index >= 15 is 0 Å². The molecule has 0 spiro atoms. The minimum absolute atomic E-state index is 0.0436. The largest absolute Gasteiger partial charge is 0.497 e. The van der Waals surface area contributed by atoms with Crippen molar-refractivity contribution in [1.82, 2.24) is 4.90 Å². The lowest BCUT2D eigenvalue weighted by atomic mass is 9.86. The summed E-state index contributed by atoms with van der Waals surface area (Å²) >= 11 is 0. The summed E-state index contributed by atoms with van der Waals surface area (Å²) in [5, 5.41) is 0. The summed E-state index contributed by atoms with van der Waals surface area (Å²) in [7, 11) is 5.78. The Labute approximate surface area is 111 Å². The monoisotopic (exact) mass is 251 g/mol. The Morgan fingerprint density at radius 2 is 1.83 bits per heavy atom. The molecule has 0 atom stereocenters. The van der Waals surface area contributed by atoms with Gasteiger partial charge in [-0.3, -0.25) is 0 Å². The van der Waals surface area contributed by atoms with Crippen molar-refractivity contribution in [2.24, 2.45) is 0 Å². The molecule has 0 fully saturated rings. The van der Waals surface area contributed by atoms with Crippen LogP contribution in [0.5, 0.6) is 11.5 Å². The molecule has 0 saturated carbocycles. The highest BCUT2D eigenvalue weighted by Crippen LogP contribution is 2.34. The van der Waals surface area contributed by atoms with Crippen molar-refractivity contribution in [2.45, 2.75) is 26.2 Å². The molecule has 0 amide bonds. The Balaban J connectivity index is 2.89. The van der Waals surface area contributed by atoms with Gasteiger partial charge in [-0.05, 0) is 37.7 Å². The fourth-order valence-corrected chi connectivity index (χ4v) is 1.69. The van der Waals surface area contributed by atoms with Crippen molar-refractivity contribution in [3.05, 3.63) is 23.8 Å². The smallest absolute Gasteiger partial charge is 0.123 e. The molecule has 1 aromatic rings. The number of likely N-dealkylation sites (N-methyl/N-ethyl adjacent to an activating group) is 1. The summed E-state index contributed by atoms with van der Waals surface area (Å²) in [6.45, 7) is 8.15. The van der Waals surface area contributed by atoms with Gasteiger partial charge in [-0.1, -0.05) is 20.8 Å². The molecule has 18 heavy (non-hydrogen) atoms. The zero-order valence-corrected chi connectivity index (χ0v) is 12.4. The van der Waals surface area contributed by atoms with Crippen LogP contribution < -0.4 is 9.47 Å². The van der Waals surface area contributed by atoms with E-state index in [9.17, 15) is 0 Å². The molecule has 1 rings (SSSR count). The third-order valence-corrected chi connectivity index (χ3v) is 2.79. The SMILES string of the molecule is COc1ccc(OCCN(C)C)c(C(C)(C)C)c1. The van der Waals surface area contributed by atoms with Crippen LogP contribution >= 0.6 is 0 Å². The third-order valence-electron chi connectivity index (χ3n) is 2.79. The van der Waals surface area contributed by atoms with E-state index in [2.05, 4.69) is 31.7 Å². The Kier molecular flexibility index (Phi) is 5.03. The number of rotatable bonds is 5. The standard InChI is InChI=1S/C15H25NO2/c1-15(2,3)13-11-12(17-6)7-8-14(13)18-10-9-16(4)5/h7-8,11H,9-10H2,1-6H3. The number of nitrogens with zero attached hydrogens (tertiary/aromatic N) is 1. The van der Waals surface area contributed by atoms with Crippen LogP contribution in [-0.4, -0.2) is 39.3 Å². The highest BCUT2D eigenvalue weighted by molar-refractivity contribution is 5.44. The second kappa shape index (κ2) is 6.10. The number of hydrogen-bond acceptors (Lipinski definition) is 3. The van der Waals surface area contributed by atoms with Crippen LogP contribution in [0, 0.1) is 0 Å². The summed E-state index contributed by atoms with van der Waals surface area (Å²) in [6, 6.07) is 6.00. The van der Waals surface area contributed by atoms with E-state index in [1.807, 2.05) is 26.2 Å². The molecular formula is C15H25NO2. The van der Waals surface area contributed by atoms with Gasteiger partial charge in [-0.2, -0.15) is 0 Å². The van der Waals surface area contributed by atoms with Crippen LogP contribution in [0.15, 0.2) is 18.2 Å². The first-order chi connectivity index (χ1) is 8.34. The van der Waals surface area contributed by atoms with E-state index in [1.165, 1.54) is 5.56 Å². The Hall–Kier alpha value is -1.22. The quantitative estimate of drug-likeness (QED) is 0.803. The molecule has 0 unspecified atom stereocenters. The highest BCUT2D eigenvalue weighted by atomic mass is 16.5. The lowest BCUT2D eigenvalue weighted by molar-refractivity contribution is 0.256. The normalized spacial score (nSPS) is 11.7. The van der Waals surface area contributed by atoms with E-state index in [4.69, 9.17) is 9.47 Å². The molecule has 0 aromatic heterocycles. The van der Waals surface area contributed by atoms with Crippen molar-refractivity contribution >= 4 is 0 Å². The van der Waals surface area contributed by atoms with Crippen molar-refractivity contribution in [3.63, 3.8) is 0 Å². The summed E-state index contributed by atoms with van der Waals surface area (Å²) in [5.74, 6) is 1.82. The van der Waals surface area contributed by atoms with Crippen LogP contribution in [-0.2, 0) is 5.41 Å². The Morgan fingerprint density at radius 1 is 1.17 bits per heavy atom. The second-order valence-corrected chi connectivity index (χ2v) is 5.76. The predicted octanol–water partition coefficient (Wildman–Crippen LogP) is 2.93. The van der Waals surface area contributed by atoms with Gasteiger partial charge in [0.15, 0.2) is 0 Å². The molecule has 1 aromatic carbocycles. The van der Waals surface area contributed by atoms with E-state index in [0.717, 1.165) is 18.0 Å². The molecule has 0 radical (unpaired) electrons. The van der Waals surface area contributed by atoms with Crippen LogP contribution in [0.4, 0.5) is 0 Å². The Morgan fingerprint density at radius 3 is 2.33 bits per heavy atom. The highest BCUT2D eigenvalue weighted by Gasteiger charge is 2.19. The molecular weight excluding hydrogens is 226 g/mol. The average molecular weight is 251 g/mol. The van der Waals surface area contributed by atoms with Crippen LogP contribution in [0.2, 0.25) is 0 Å². The maximum absolute atomic E-state index is 5.88. The van der Waals surface area contributed by atoms with E-state index in [0.29, 0.717) is 6.61 Å². The number of benzene rings is 1. The van der Waals surface area contributed by atoms with Gasteiger partial charge in [0, 0.05) is 12.1 Å². The van der Waals surface area contributed by atoms with Gasteiger partial charge in [0.1, 0.15) is 18.1 Å². The van der Waals surface area contributed by atoms with Gasteiger partial charge in [-0.15, -0.1) is 0 Å². The van der Waals surface area contributed by atoms with Crippen LogP contribution in [0.1, 0.15) is 26.3 Å². The van der Waals surface area contributed by atoms with Crippen molar-refractivity contribution in [1.29, 1.82) is 0 Å². The molecule has 0 N–H and O–H groups in total. The third kappa shape index (κ3) is 4.22. The zero-order valence-electron chi connectivity index (χ0n) is 12.4. The fraction of sp³-hybridized carbons (Fsp3) is 0.600. The zero-order chi connectivity index (χ0) is 13.8. The summed E-state index contributed by atoms with van der Waals surface area (Å²) < 4.78 is 11.2. The average Bonchev–Trinajstić information content (AvgIpc) is 2.27. The van der Waals surface area contributed by atoms with Crippen molar-refractivity contribution in [3.8, 4) is 11.5 Å². The van der Waals surface area contributed by atoms with Crippen LogP contribution in [0.3, 0.4) is 0 Å². The first-order valence-corrected chi connectivity index (χ1v) is 6.30. The van der Waals surface area contributed by atoms with Gasteiger partial charge >= 0.3 is 0 Å². The van der Waals surface area contributed by atoms with E-state index in [-0.39, 0.29) is 5.41 Å². The van der Waals surface area contributed by atoms with E-state index in [1.54, 1.807) is 7.11 Å². The first-order valence-electron chi connectivity index (χ1n) is 6.30. The molecule has 0 aliphatic rings. The Bertz CT molecular complexity index is 381. The maximum Gasteiger partial charge on any atom is 0.123 e. The van der Waals surface area contributed by atoms with Crippen LogP contribution in [0.25, 0.3) is 0 Å². The molecule has 0 heterocycles. The molecule has 0 aliphatic carbocycles. The van der Waals surface area contributed by atoms with E-state index < -0.39 is 0 Å². The minimum atomic E-state index is 0.0436. The van der Waals surface area contributed by atoms with Gasteiger partial charge < -0.3 is 14.4 Å². The second-order valence-electron chi connectivity index (χ2n) is 5.76. The van der Waals surface area contributed by atoms with Crippen molar-refractivity contribution in [2.75, 3.05) is 34.4 Å². The summed E-state index contributed by atoms with van der Waals surface area (Å²) in [6.07, 6.45) is 0. The van der Waals surface area contributed by atoms with Gasteiger partial charge in [-0.25, -0.2) is 0 Å². The molecule has 3 nitrogen and oxygen atoms in total. The predicted molar refractivity (Wildman–Crippen MR) is 75.7 cm³/mol. The molecule has 3 heteroatoms. The van der Waals surface area contributed by atoms with Gasteiger partial charge in [0.05, 0.1) is 7.11 Å². The molecule has 0 saturated heterocycles.